The second-order valence-corrected chi connectivity index (χ2v) is 9.66. The first-order valence-electron chi connectivity index (χ1n) is 11.6. The number of anilines is 1. The summed E-state index contributed by atoms with van der Waals surface area (Å²) in [6.07, 6.45) is 1.68. The molecule has 0 saturated carbocycles. The number of likely N-dealkylation sites (tertiary alicyclic amines) is 1. The van der Waals surface area contributed by atoms with Gasteiger partial charge in [-0.15, -0.1) is 0 Å². The first-order valence-corrected chi connectivity index (χ1v) is 11.6. The fourth-order valence-electron chi connectivity index (χ4n) is 4.87. The van der Waals surface area contributed by atoms with Crippen molar-refractivity contribution in [2.24, 2.45) is 0 Å². The Labute approximate surface area is 199 Å². The lowest BCUT2D eigenvalue weighted by Crippen LogP contribution is -2.56. The molecule has 7 nitrogen and oxygen atoms in total. The van der Waals surface area contributed by atoms with Crippen molar-refractivity contribution in [3.05, 3.63) is 65.0 Å². The van der Waals surface area contributed by atoms with E-state index in [0.29, 0.717) is 36.8 Å². The Morgan fingerprint density at radius 1 is 0.971 bits per heavy atom. The first-order chi connectivity index (χ1) is 16.1. The summed E-state index contributed by atoms with van der Waals surface area (Å²) >= 11 is 0. The second-order valence-electron chi connectivity index (χ2n) is 9.66. The van der Waals surface area contributed by atoms with Gasteiger partial charge < -0.3 is 20.4 Å². The Balaban J connectivity index is 1.30. The normalized spacial score (nSPS) is 16.2. The zero-order valence-corrected chi connectivity index (χ0v) is 19.9. The summed E-state index contributed by atoms with van der Waals surface area (Å²) in [6, 6.07) is 12.5. The van der Waals surface area contributed by atoms with Crippen molar-refractivity contribution in [1.82, 2.24) is 15.1 Å². The molecular weight excluding hydrogens is 435 g/mol. The van der Waals surface area contributed by atoms with Crippen LogP contribution in [0.2, 0.25) is 0 Å². The largest absolute Gasteiger partial charge is 0.342 e. The van der Waals surface area contributed by atoms with Crippen molar-refractivity contribution >= 4 is 23.5 Å². The van der Waals surface area contributed by atoms with Crippen LogP contribution in [0.1, 0.15) is 56.2 Å². The van der Waals surface area contributed by atoms with Crippen LogP contribution in [-0.4, -0.2) is 46.3 Å². The lowest BCUT2D eigenvalue weighted by atomic mass is 9.88. The molecule has 0 radical (unpaired) electrons. The zero-order valence-electron chi connectivity index (χ0n) is 19.9. The number of nitrogens with zero attached hydrogens (tertiary/aromatic N) is 2. The van der Waals surface area contributed by atoms with Crippen LogP contribution in [-0.2, 0) is 22.7 Å². The van der Waals surface area contributed by atoms with Crippen LogP contribution >= 0.6 is 0 Å². The summed E-state index contributed by atoms with van der Waals surface area (Å²) in [5, 5.41) is 5.62. The van der Waals surface area contributed by atoms with Crippen LogP contribution in [0.15, 0.2) is 42.5 Å². The van der Waals surface area contributed by atoms with Crippen LogP contribution in [0, 0.1) is 5.82 Å². The number of hydrogen-bond acceptors (Lipinski definition) is 3. The lowest BCUT2D eigenvalue weighted by Gasteiger charge is -2.37. The fraction of sp³-hybridized carbons (Fsp3) is 0.423. The van der Waals surface area contributed by atoms with Gasteiger partial charge >= 0.3 is 6.03 Å². The average Bonchev–Trinajstić information content (AvgIpc) is 3.24. The van der Waals surface area contributed by atoms with E-state index in [1.165, 1.54) is 18.6 Å². The van der Waals surface area contributed by atoms with Gasteiger partial charge in [0.15, 0.2) is 0 Å². The number of rotatable bonds is 4. The van der Waals surface area contributed by atoms with E-state index in [0.717, 1.165) is 18.4 Å². The first kappa shape index (κ1) is 23.7. The third kappa shape index (κ3) is 5.05. The van der Waals surface area contributed by atoms with E-state index in [9.17, 15) is 18.8 Å². The maximum Gasteiger partial charge on any atom is 0.322 e. The van der Waals surface area contributed by atoms with Crippen LogP contribution in [0.25, 0.3) is 0 Å². The number of nitrogens with one attached hydrogen (secondary N) is 2. The van der Waals surface area contributed by atoms with Crippen LogP contribution in [0.4, 0.5) is 14.9 Å². The summed E-state index contributed by atoms with van der Waals surface area (Å²) < 4.78 is 14.0. The van der Waals surface area contributed by atoms with Crippen molar-refractivity contribution in [2.45, 2.75) is 58.2 Å². The summed E-state index contributed by atoms with van der Waals surface area (Å²) in [6.45, 7) is 6.81. The highest BCUT2D eigenvalue weighted by atomic mass is 19.1. The van der Waals surface area contributed by atoms with Gasteiger partial charge in [-0.05, 0) is 61.9 Å². The minimum atomic E-state index is -0.916. The van der Waals surface area contributed by atoms with Crippen molar-refractivity contribution in [1.29, 1.82) is 0 Å². The molecule has 2 aliphatic heterocycles. The van der Waals surface area contributed by atoms with Gasteiger partial charge in [0.05, 0.1) is 6.54 Å². The summed E-state index contributed by atoms with van der Waals surface area (Å²) in [4.78, 5) is 40.3. The molecule has 0 aliphatic carbocycles. The summed E-state index contributed by atoms with van der Waals surface area (Å²) in [5.74, 6) is -0.234. The molecular formula is C26H31FN4O3. The van der Waals surface area contributed by atoms with Crippen LogP contribution in [0.3, 0.4) is 0 Å². The lowest BCUT2D eigenvalue weighted by molar-refractivity contribution is -0.141. The van der Waals surface area contributed by atoms with Crippen molar-refractivity contribution < 1.29 is 18.8 Å². The molecule has 2 aromatic rings. The monoisotopic (exact) mass is 466 g/mol. The number of fused-ring (bicyclic) bond motifs is 1. The Morgan fingerprint density at radius 2 is 1.65 bits per heavy atom. The van der Waals surface area contributed by atoms with Gasteiger partial charge in [0.25, 0.3) is 0 Å². The second kappa shape index (κ2) is 9.44. The standard InChI is InChI=1S/C26H31FN4O3/c1-17(32)29-26(2,3)24(33)30-13-11-19(12-14-30)18-7-9-21(10-8-18)28-25(34)31-15-20-5-4-6-23(27)22(20)16-31/h4-10,19H,11-16H2,1-3H3,(H,28,34)(H,29,32). The highest BCUT2D eigenvalue weighted by molar-refractivity contribution is 5.90. The molecule has 0 atom stereocenters. The number of amides is 4. The molecule has 0 bridgehead atoms. The van der Waals surface area contributed by atoms with E-state index in [2.05, 4.69) is 10.6 Å². The van der Waals surface area contributed by atoms with Gasteiger partial charge in [0.1, 0.15) is 11.4 Å². The molecule has 34 heavy (non-hydrogen) atoms. The van der Waals surface area contributed by atoms with Crippen LogP contribution < -0.4 is 10.6 Å². The van der Waals surface area contributed by atoms with Crippen molar-refractivity contribution in [3.63, 3.8) is 0 Å². The summed E-state index contributed by atoms with van der Waals surface area (Å²) in [5.41, 5.74) is 2.37. The predicted octanol–water partition coefficient (Wildman–Crippen LogP) is 3.99. The number of halogens is 1. The molecule has 8 heteroatoms. The molecule has 2 aliphatic rings. The molecule has 0 aromatic heterocycles. The quantitative estimate of drug-likeness (QED) is 0.715. The van der Waals surface area contributed by atoms with Gasteiger partial charge in [-0.25, -0.2) is 9.18 Å². The Morgan fingerprint density at radius 3 is 2.26 bits per heavy atom. The summed E-state index contributed by atoms with van der Waals surface area (Å²) in [7, 11) is 0. The van der Waals surface area contributed by atoms with Gasteiger partial charge in [-0.2, -0.15) is 0 Å². The molecule has 2 heterocycles. The molecule has 1 saturated heterocycles. The number of carbonyl (C=O) groups excluding carboxylic acids is 3. The van der Waals surface area contributed by atoms with Crippen molar-refractivity contribution in [3.8, 4) is 0 Å². The maximum atomic E-state index is 14.0. The molecule has 0 unspecified atom stereocenters. The Bertz CT molecular complexity index is 1090. The van der Waals surface area contributed by atoms with Gasteiger partial charge in [-0.1, -0.05) is 24.3 Å². The maximum absolute atomic E-state index is 14.0. The number of urea groups is 1. The SMILES string of the molecule is CC(=O)NC(C)(C)C(=O)N1CCC(c2ccc(NC(=O)N3Cc4cccc(F)c4C3)cc2)CC1. The highest BCUT2D eigenvalue weighted by Gasteiger charge is 2.35. The van der Waals surface area contributed by atoms with E-state index in [-0.39, 0.29) is 30.2 Å². The molecule has 1 fully saturated rings. The third-order valence-corrected chi connectivity index (χ3v) is 6.65. The number of piperidine rings is 1. The predicted molar refractivity (Wildman–Crippen MR) is 128 cm³/mol. The molecule has 2 N–H and O–H groups in total. The Kier molecular flexibility index (Phi) is 6.59. The average molecular weight is 467 g/mol. The number of carbonyl (C=O) groups is 3. The highest BCUT2D eigenvalue weighted by Crippen LogP contribution is 2.30. The van der Waals surface area contributed by atoms with E-state index in [1.54, 1.807) is 24.8 Å². The minimum Gasteiger partial charge on any atom is -0.342 e. The van der Waals surface area contributed by atoms with Crippen molar-refractivity contribution in [2.75, 3.05) is 18.4 Å². The van der Waals surface area contributed by atoms with E-state index < -0.39 is 5.54 Å². The van der Waals surface area contributed by atoms with Gasteiger partial charge in [0, 0.05) is 37.8 Å². The molecule has 4 rings (SSSR count). The fourth-order valence-corrected chi connectivity index (χ4v) is 4.87. The van der Waals surface area contributed by atoms with E-state index >= 15 is 0 Å². The topological polar surface area (TPSA) is 81.8 Å². The van der Waals surface area contributed by atoms with Crippen LogP contribution in [0.5, 0.6) is 0 Å². The minimum absolute atomic E-state index is 0.0665. The number of benzene rings is 2. The van der Waals surface area contributed by atoms with Gasteiger partial charge in [-0.3, -0.25) is 9.59 Å². The third-order valence-electron chi connectivity index (χ3n) is 6.65. The molecule has 180 valence electrons. The molecule has 0 spiro atoms. The molecule has 4 amide bonds. The van der Waals surface area contributed by atoms with Gasteiger partial charge in [0.2, 0.25) is 11.8 Å². The van der Waals surface area contributed by atoms with E-state index in [1.807, 2.05) is 35.2 Å². The smallest absolute Gasteiger partial charge is 0.322 e. The Hall–Kier alpha value is -3.42. The molecule has 2 aromatic carbocycles. The number of hydrogen-bond donors (Lipinski definition) is 2. The zero-order chi connectivity index (χ0) is 24.5. The van der Waals surface area contributed by atoms with E-state index in [4.69, 9.17) is 0 Å².